The van der Waals surface area contributed by atoms with Crippen LogP contribution in [0.4, 0.5) is 0 Å². The number of piperidine rings is 1. The molecule has 1 saturated heterocycles. The molecule has 0 radical (unpaired) electrons. The molecule has 164 valence electrons. The topological polar surface area (TPSA) is 64.4 Å². The van der Waals surface area contributed by atoms with Gasteiger partial charge < -0.3 is 4.74 Å². The summed E-state index contributed by atoms with van der Waals surface area (Å²) < 4.78 is 33.1. The van der Waals surface area contributed by atoms with Crippen LogP contribution in [0.2, 0.25) is 5.02 Å². The predicted molar refractivity (Wildman–Crippen MR) is 123 cm³/mol. The maximum atomic E-state index is 11.8. The number of para-hydroxylation sites is 1. The second-order valence-electron chi connectivity index (χ2n) is 7.75. The zero-order chi connectivity index (χ0) is 22.0. The largest absolute Gasteiger partial charge is 0.473 e. The lowest BCUT2D eigenvalue weighted by Crippen LogP contribution is -2.41. The van der Waals surface area contributed by atoms with E-state index in [2.05, 4.69) is 19.1 Å². The highest BCUT2D eigenvalue weighted by atomic mass is 35.5. The lowest BCUT2D eigenvalue weighted by molar-refractivity contribution is 0.129. The Hall–Kier alpha value is -2.35. The Labute approximate surface area is 188 Å². The number of aromatic nitrogens is 2. The van der Waals surface area contributed by atoms with Crippen molar-refractivity contribution in [3.05, 3.63) is 65.2 Å². The minimum atomic E-state index is -3.16. The second kappa shape index (κ2) is 9.02. The molecule has 1 aliphatic rings. The summed E-state index contributed by atoms with van der Waals surface area (Å²) in [5.74, 6) is 0.536. The first-order valence-electron chi connectivity index (χ1n) is 10.4. The van der Waals surface area contributed by atoms with E-state index in [0.29, 0.717) is 36.8 Å². The van der Waals surface area contributed by atoms with Crippen LogP contribution in [0.25, 0.3) is 16.9 Å². The van der Waals surface area contributed by atoms with Crippen molar-refractivity contribution >= 4 is 21.6 Å². The zero-order valence-corrected chi connectivity index (χ0v) is 19.2. The van der Waals surface area contributed by atoms with Crippen molar-refractivity contribution in [1.82, 2.24) is 14.1 Å². The van der Waals surface area contributed by atoms with Crippen LogP contribution in [-0.2, 0) is 16.4 Å². The smallest absolute Gasteiger partial charge is 0.234 e. The first-order valence-corrected chi connectivity index (χ1v) is 12.6. The Balaban J connectivity index is 1.65. The van der Waals surface area contributed by atoms with Crippen molar-refractivity contribution in [2.75, 3.05) is 19.3 Å². The molecule has 0 amide bonds. The van der Waals surface area contributed by atoms with Gasteiger partial charge in [-0.2, -0.15) is 0 Å². The maximum Gasteiger partial charge on any atom is 0.234 e. The standard InChI is InChI=1S/C23H26ClN3O3S/c1-3-17-6-4-5-7-21(17)27-22(18-8-10-19(24)11-9-18)16-23(25-27)30-20-12-14-26(15-13-20)31(2,28)29/h4-11,16,20H,3,12-15H2,1-2H3. The van der Waals surface area contributed by atoms with Crippen LogP contribution in [0.1, 0.15) is 25.3 Å². The van der Waals surface area contributed by atoms with Crippen molar-refractivity contribution in [2.24, 2.45) is 0 Å². The number of rotatable bonds is 6. The monoisotopic (exact) mass is 459 g/mol. The minimum Gasteiger partial charge on any atom is -0.473 e. The van der Waals surface area contributed by atoms with E-state index in [1.54, 1.807) is 0 Å². The lowest BCUT2D eigenvalue weighted by atomic mass is 10.1. The number of hydrogen-bond acceptors (Lipinski definition) is 4. The fourth-order valence-electron chi connectivity index (χ4n) is 3.90. The molecule has 1 aliphatic heterocycles. The molecule has 0 saturated carbocycles. The Morgan fingerprint density at radius 3 is 2.42 bits per heavy atom. The van der Waals surface area contributed by atoms with E-state index < -0.39 is 10.0 Å². The van der Waals surface area contributed by atoms with Gasteiger partial charge in [-0.05, 0) is 43.0 Å². The van der Waals surface area contributed by atoms with Crippen LogP contribution >= 0.6 is 11.6 Å². The number of halogens is 1. The fourth-order valence-corrected chi connectivity index (χ4v) is 4.90. The number of sulfonamides is 1. The van der Waals surface area contributed by atoms with Crippen LogP contribution < -0.4 is 4.74 Å². The van der Waals surface area contributed by atoms with Crippen molar-refractivity contribution in [2.45, 2.75) is 32.3 Å². The predicted octanol–water partition coefficient (Wildman–Crippen LogP) is 4.56. The highest BCUT2D eigenvalue weighted by molar-refractivity contribution is 7.88. The fraction of sp³-hybridized carbons (Fsp3) is 0.348. The van der Waals surface area contributed by atoms with Gasteiger partial charge in [0.05, 0.1) is 17.6 Å². The minimum absolute atomic E-state index is 0.0687. The highest BCUT2D eigenvalue weighted by Crippen LogP contribution is 2.31. The molecule has 0 spiro atoms. The molecule has 4 rings (SSSR count). The van der Waals surface area contributed by atoms with Crippen LogP contribution in [0, 0.1) is 0 Å². The molecule has 1 aromatic heterocycles. The Bertz CT molecular complexity index is 1150. The van der Waals surface area contributed by atoms with E-state index in [9.17, 15) is 8.42 Å². The molecular formula is C23H26ClN3O3S. The van der Waals surface area contributed by atoms with Crippen molar-refractivity contribution in [3.63, 3.8) is 0 Å². The van der Waals surface area contributed by atoms with Gasteiger partial charge in [0.25, 0.3) is 0 Å². The van der Waals surface area contributed by atoms with Crippen LogP contribution in [0.3, 0.4) is 0 Å². The summed E-state index contributed by atoms with van der Waals surface area (Å²) in [5.41, 5.74) is 4.11. The molecule has 0 bridgehead atoms. The summed E-state index contributed by atoms with van der Waals surface area (Å²) in [4.78, 5) is 0. The van der Waals surface area contributed by atoms with Crippen LogP contribution in [0.15, 0.2) is 54.6 Å². The third-order valence-electron chi connectivity index (χ3n) is 5.59. The van der Waals surface area contributed by atoms with Gasteiger partial charge in [0, 0.05) is 29.7 Å². The zero-order valence-electron chi connectivity index (χ0n) is 17.7. The summed E-state index contributed by atoms with van der Waals surface area (Å²) in [7, 11) is -3.16. The second-order valence-corrected chi connectivity index (χ2v) is 10.2. The summed E-state index contributed by atoms with van der Waals surface area (Å²) in [6.45, 7) is 3.05. The van der Waals surface area contributed by atoms with E-state index in [0.717, 1.165) is 23.4 Å². The number of nitrogens with zero attached hydrogens (tertiary/aromatic N) is 3. The first kappa shape index (κ1) is 21.9. The van der Waals surface area contributed by atoms with E-state index in [1.165, 1.54) is 16.1 Å². The normalized spacial score (nSPS) is 15.8. The van der Waals surface area contributed by atoms with Crippen LogP contribution in [-0.4, -0.2) is 48.0 Å². The molecule has 2 aromatic carbocycles. The molecule has 8 heteroatoms. The molecular weight excluding hydrogens is 434 g/mol. The first-order chi connectivity index (χ1) is 14.8. The number of ether oxygens (including phenoxy) is 1. The number of hydrogen-bond donors (Lipinski definition) is 0. The summed E-state index contributed by atoms with van der Waals surface area (Å²) in [6, 6.07) is 17.8. The SMILES string of the molecule is CCc1ccccc1-n1nc(OC2CCN(S(C)(=O)=O)CC2)cc1-c1ccc(Cl)cc1. The maximum absolute atomic E-state index is 11.8. The third kappa shape index (κ3) is 4.95. The quantitative estimate of drug-likeness (QED) is 0.542. The molecule has 3 aromatic rings. The van der Waals surface area contributed by atoms with E-state index in [4.69, 9.17) is 21.4 Å². The Kier molecular flexibility index (Phi) is 6.36. The van der Waals surface area contributed by atoms with Gasteiger partial charge in [-0.3, -0.25) is 0 Å². The molecule has 31 heavy (non-hydrogen) atoms. The van der Waals surface area contributed by atoms with Gasteiger partial charge >= 0.3 is 0 Å². The van der Waals surface area contributed by atoms with E-state index in [-0.39, 0.29) is 6.10 Å². The number of aryl methyl sites for hydroxylation is 1. The molecule has 6 nitrogen and oxygen atoms in total. The molecule has 2 heterocycles. The molecule has 0 aliphatic carbocycles. The average molecular weight is 460 g/mol. The van der Waals surface area contributed by atoms with Gasteiger partial charge in [0.1, 0.15) is 6.10 Å². The van der Waals surface area contributed by atoms with Crippen LogP contribution in [0.5, 0.6) is 5.88 Å². The molecule has 0 N–H and O–H groups in total. The summed E-state index contributed by atoms with van der Waals surface area (Å²) >= 11 is 6.09. The lowest BCUT2D eigenvalue weighted by Gasteiger charge is -2.29. The van der Waals surface area contributed by atoms with Crippen molar-refractivity contribution in [3.8, 4) is 22.8 Å². The molecule has 0 unspecified atom stereocenters. The summed E-state index contributed by atoms with van der Waals surface area (Å²) in [6.07, 6.45) is 3.35. The molecule has 0 atom stereocenters. The number of benzene rings is 2. The van der Waals surface area contributed by atoms with Crippen molar-refractivity contribution in [1.29, 1.82) is 0 Å². The summed E-state index contributed by atoms with van der Waals surface area (Å²) in [5, 5.41) is 5.46. The molecule has 1 fully saturated rings. The van der Waals surface area contributed by atoms with Crippen molar-refractivity contribution < 1.29 is 13.2 Å². The van der Waals surface area contributed by atoms with Gasteiger partial charge in [-0.25, -0.2) is 17.4 Å². The van der Waals surface area contributed by atoms with Gasteiger partial charge in [-0.15, -0.1) is 5.10 Å². The highest BCUT2D eigenvalue weighted by Gasteiger charge is 2.27. The third-order valence-corrected chi connectivity index (χ3v) is 7.14. The van der Waals surface area contributed by atoms with E-state index in [1.807, 2.05) is 47.1 Å². The Morgan fingerprint density at radius 1 is 1.10 bits per heavy atom. The van der Waals surface area contributed by atoms with Gasteiger partial charge in [0.15, 0.2) is 0 Å². The average Bonchev–Trinajstić information content (AvgIpc) is 3.17. The van der Waals surface area contributed by atoms with Gasteiger partial charge in [0.2, 0.25) is 15.9 Å². The van der Waals surface area contributed by atoms with Gasteiger partial charge in [-0.1, -0.05) is 48.9 Å². The Morgan fingerprint density at radius 2 is 1.77 bits per heavy atom. The van der Waals surface area contributed by atoms with E-state index >= 15 is 0 Å².